The minimum Gasteiger partial charge on any atom is -0.406 e. The van der Waals surface area contributed by atoms with Crippen LogP contribution in [0.4, 0.5) is 13.2 Å². The molecule has 0 amide bonds. The predicted molar refractivity (Wildman–Crippen MR) is 86.4 cm³/mol. The van der Waals surface area contributed by atoms with Crippen molar-refractivity contribution in [3.63, 3.8) is 0 Å². The number of hydrogen-bond acceptors (Lipinski definition) is 4. The maximum Gasteiger partial charge on any atom is 0.573 e. The number of carbonyl (C=O) groups excluding carboxylic acids is 2. The topological polar surface area (TPSA) is 72.0 Å². The summed E-state index contributed by atoms with van der Waals surface area (Å²) in [5, 5.41) is 1.000. The van der Waals surface area contributed by atoms with Crippen LogP contribution in [-0.4, -0.2) is 22.5 Å². The Balaban J connectivity index is 0.000000758. The minimum absolute atomic E-state index is 0.147. The van der Waals surface area contributed by atoms with Gasteiger partial charge in [-0.05, 0) is 49.1 Å². The highest BCUT2D eigenvalue weighted by molar-refractivity contribution is 5.76. The summed E-state index contributed by atoms with van der Waals surface area (Å²) < 4.78 is 41.4. The number of aryl methyl sites for hydroxylation is 3. The first-order valence-corrected chi connectivity index (χ1v) is 7.59. The van der Waals surface area contributed by atoms with Gasteiger partial charge in [0, 0.05) is 17.3 Å². The molecule has 2 aromatic heterocycles. The number of aromatic nitrogens is 2. The van der Waals surface area contributed by atoms with E-state index in [1.807, 2.05) is 19.1 Å². The second-order valence-corrected chi connectivity index (χ2v) is 5.47. The number of para-hydroxylation sites is 1. The second kappa shape index (κ2) is 8.31. The van der Waals surface area contributed by atoms with E-state index in [-0.39, 0.29) is 11.9 Å². The van der Waals surface area contributed by atoms with Crippen molar-refractivity contribution in [2.45, 2.75) is 26.1 Å². The van der Waals surface area contributed by atoms with E-state index in [0.717, 1.165) is 22.3 Å². The molecule has 3 aromatic rings. The van der Waals surface area contributed by atoms with Crippen LogP contribution in [0.2, 0.25) is 0 Å². The molecule has 0 aliphatic rings. The van der Waals surface area contributed by atoms with Crippen LogP contribution in [0.5, 0.6) is 5.75 Å². The molecule has 0 spiro atoms. The molecule has 136 valence electrons. The van der Waals surface area contributed by atoms with Crippen molar-refractivity contribution < 1.29 is 27.5 Å². The van der Waals surface area contributed by atoms with Crippen molar-refractivity contribution in [3.05, 3.63) is 59.4 Å². The van der Waals surface area contributed by atoms with Gasteiger partial charge >= 0.3 is 12.5 Å². The molecule has 3 rings (SSSR count). The summed E-state index contributed by atoms with van der Waals surface area (Å²) >= 11 is 0. The molecule has 0 unspecified atom stereocenters. The van der Waals surface area contributed by atoms with E-state index in [2.05, 4.69) is 14.7 Å². The van der Waals surface area contributed by atoms with Gasteiger partial charge in [-0.15, -0.1) is 13.2 Å². The standard InChI is InChI=1S/C17H15F3N2O.CO2/c1-11-8-14-9-12(10-21-16(14)22-11)6-7-13-4-2-3-5-15(13)23-17(18,19)20;2-1-3/h2-5,8-10H,6-7H2,1H3,(H,21,22);. The van der Waals surface area contributed by atoms with E-state index in [9.17, 15) is 13.2 Å². The van der Waals surface area contributed by atoms with Gasteiger partial charge in [-0.2, -0.15) is 9.59 Å². The Kier molecular flexibility index (Phi) is 6.14. The number of hydrogen-bond donors (Lipinski definition) is 1. The first kappa shape index (κ1) is 19.2. The van der Waals surface area contributed by atoms with Crippen LogP contribution in [0.15, 0.2) is 42.6 Å². The number of nitrogens with one attached hydrogen (secondary N) is 1. The molecule has 8 heteroatoms. The SMILES string of the molecule is Cc1cc2cc(CCc3ccccc3OC(F)(F)F)cnc2[nH]1.O=C=O. The van der Waals surface area contributed by atoms with Crippen molar-refractivity contribution in [3.8, 4) is 5.75 Å². The Bertz CT molecular complexity index is 913. The van der Waals surface area contributed by atoms with Gasteiger partial charge in [-0.3, -0.25) is 0 Å². The zero-order chi connectivity index (χ0) is 19.2. The van der Waals surface area contributed by atoms with Gasteiger partial charge in [0.2, 0.25) is 0 Å². The highest BCUT2D eigenvalue weighted by Gasteiger charge is 2.31. The molecule has 26 heavy (non-hydrogen) atoms. The molecular weight excluding hydrogens is 349 g/mol. The van der Waals surface area contributed by atoms with Crippen LogP contribution in [-0.2, 0) is 22.4 Å². The summed E-state index contributed by atoms with van der Waals surface area (Å²) in [5.74, 6) is -0.147. The maximum atomic E-state index is 12.4. The minimum atomic E-state index is -4.68. The molecule has 0 aliphatic heterocycles. The average molecular weight is 364 g/mol. The number of alkyl halides is 3. The number of rotatable bonds is 4. The van der Waals surface area contributed by atoms with Crippen molar-refractivity contribution in [2.75, 3.05) is 0 Å². The third kappa shape index (κ3) is 5.46. The van der Waals surface area contributed by atoms with Crippen molar-refractivity contribution in [2.24, 2.45) is 0 Å². The Morgan fingerprint density at radius 1 is 1.15 bits per heavy atom. The molecule has 1 N–H and O–H groups in total. The monoisotopic (exact) mass is 364 g/mol. The van der Waals surface area contributed by atoms with Gasteiger partial charge in [0.15, 0.2) is 0 Å². The smallest absolute Gasteiger partial charge is 0.406 e. The average Bonchev–Trinajstić information content (AvgIpc) is 2.92. The number of H-pyrrole nitrogens is 1. The molecule has 0 atom stereocenters. The van der Waals surface area contributed by atoms with E-state index in [1.54, 1.807) is 18.3 Å². The third-order valence-electron chi connectivity index (χ3n) is 3.54. The Hall–Kier alpha value is -3.12. The zero-order valence-corrected chi connectivity index (χ0v) is 13.8. The highest BCUT2D eigenvalue weighted by atomic mass is 19.4. The number of benzene rings is 1. The van der Waals surface area contributed by atoms with Gasteiger partial charge in [-0.25, -0.2) is 4.98 Å². The Morgan fingerprint density at radius 3 is 2.54 bits per heavy atom. The van der Waals surface area contributed by atoms with Crippen LogP contribution >= 0.6 is 0 Å². The number of halogens is 3. The van der Waals surface area contributed by atoms with E-state index in [0.29, 0.717) is 18.4 Å². The van der Waals surface area contributed by atoms with E-state index >= 15 is 0 Å². The fourth-order valence-corrected chi connectivity index (χ4v) is 2.55. The lowest BCUT2D eigenvalue weighted by molar-refractivity contribution is -0.274. The molecule has 0 saturated heterocycles. The van der Waals surface area contributed by atoms with Crippen LogP contribution in [0.3, 0.4) is 0 Å². The second-order valence-electron chi connectivity index (χ2n) is 5.47. The summed E-state index contributed by atoms with van der Waals surface area (Å²) in [6.45, 7) is 1.95. The molecule has 5 nitrogen and oxygen atoms in total. The first-order valence-electron chi connectivity index (χ1n) is 7.59. The quantitative estimate of drug-likeness (QED) is 0.760. The molecule has 0 bridgehead atoms. The molecule has 0 saturated carbocycles. The van der Waals surface area contributed by atoms with Crippen LogP contribution < -0.4 is 4.74 Å². The lowest BCUT2D eigenvalue weighted by Crippen LogP contribution is -2.18. The Labute approximate surface area is 146 Å². The summed E-state index contributed by atoms with van der Waals surface area (Å²) in [6.07, 6.45) is -1.65. The van der Waals surface area contributed by atoms with Gasteiger partial charge in [-0.1, -0.05) is 18.2 Å². The van der Waals surface area contributed by atoms with Crippen LogP contribution in [0, 0.1) is 6.92 Å². The van der Waals surface area contributed by atoms with Gasteiger partial charge in [0.25, 0.3) is 0 Å². The molecule has 1 aromatic carbocycles. The van der Waals surface area contributed by atoms with Gasteiger partial charge < -0.3 is 9.72 Å². The largest absolute Gasteiger partial charge is 0.573 e. The van der Waals surface area contributed by atoms with Crippen LogP contribution in [0.1, 0.15) is 16.8 Å². The van der Waals surface area contributed by atoms with Crippen LogP contribution in [0.25, 0.3) is 11.0 Å². The lowest BCUT2D eigenvalue weighted by atomic mass is 10.0. The van der Waals surface area contributed by atoms with Crippen molar-refractivity contribution >= 4 is 17.2 Å². The predicted octanol–water partition coefficient (Wildman–Crippen LogP) is 3.97. The summed E-state index contributed by atoms with van der Waals surface area (Å²) in [6, 6.07) is 10.2. The molecule has 0 fully saturated rings. The molecule has 0 radical (unpaired) electrons. The first-order chi connectivity index (χ1) is 12.3. The van der Waals surface area contributed by atoms with Crippen molar-refractivity contribution in [1.82, 2.24) is 9.97 Å². The number of pyridine rings is 1. The molecular formula is C18H15F3N2O3. The summed E-state index contributed by atoms with van der Waals surface area (Å²) in [7, 11) is 0. The lowest BCUT2D eigenvalue weighted by Gasteiger charge is -2.13. The number of ether oxygens (including phenoxy) is 1. The maximum absolute atomic E-state index is 12.4. The fourth-order valence-electron chi connectivity index (χ4n) is 2.55. The van der Waals surface area contributed by atoms with Gasteiger partial charge in [0.1, 0.15) is 11.4 Å². The molecule has 0 aliphatic carbocycles. The summed E-state index contributed by atoms with van der Waals surface area (Å²) in [5.41, 5.74) is 3.33. The number of nitrogens with zero attached hydrogens (tertiary/aromatic N) is 1. The van der Waals surface area contributed by atoms with E-state index in [4.69, 9.17) is 9.59 Å². The molecule has 2 heterocycles. The Morgan fingerprint density at radius 2 is 1.85 bits per heavy atom. The fraction of sp³-hybridized carbons (Fsp3) is 0.222. The summed E-state index contributed by atoms with van der Waals surface area (Å²) in [4.78, 5) is 23.7. The van der Waals surface area contributed by atoms with E-state index < -0.39 is 6.36 Å². The van der Waals surface area contributed by atoms with E-state index in [1.165, 1.54) is 12.1 Å². The zero-order valence-electron chi connectivity index (χ0n) is 13.8. The number of fused-ring (bicyclic) bond motifs is 1. The number of aromatic amines is 1. The normalized spacial score (nSPS) is 10.8. The van der Waals surface area contributed by atoms with Gasteiger partial charge in [0.05, 0.1) is 0 Å². The highest BCUT2D eigenvalue weighted by Crippen LogP contribution is 2.27. The van der Waals surface area contributed by atoms with Crippen molar-refractivity contribution in [1.29, 1.82) is 0 Å². The third-order valence-corrected chi connectivity index (χ3v) is 3.54.